The first-order valence-electron chi connectivity index (χ1n) is 4.96. The van der Waals surface area contributed by atoms with Gasteiger partial charge in [-0.15, -0.1) is 0 Å². The number of hydrogen-bond donors (Lipinski definition) is 3. The maximum absolute atomic E-state index is 10.5. The number of nitrogens with two attached hydrogens (primary N) is 1. The van der Waals surface area contributed by atoms with Crippen LogP contribution >= 0.6 is 0 Å². The molecule has 0 bridgehead atoms. The molecule has 0 fully saturated rings. The Morgan fingerprint density at radius 2 is 2.25 bits per heavy atom. The number of urea groups is 1. The van der Waals surface area contributed by atoms with E-state index in [-0.39, 0.29) is 5.75 Å². The number of primary amides is 1. The molecule has 1 aromatic carbocycles. The summed E-state index contributed by atoms with van der Waals surface area (Å²) < 4.78 is 0. The van der Waals surface area contributed by atoms with Gasteiger partial charge < -0.3 is 10.8 Å². The average molecular weight is 221 g/mol. The van der Waals surface area contributed by atoms with Crippen LogP contribution in [0.5, 0.6) is 5.75 Å². The fourth-order valence-electron chi connectivity index (χ4n) is 1.34. The van der Waals surface area contributed by atoms with Gasteiger partial charge in [0, 0.05) is 5.56 Å². The van der Waals surface area contributed by atoms with E-state index in [1.165, 1.54) is 0 Å². The van der Waals surface area contributed by atoms with Crippen molar-refractivity contribution in [3.8, 4) is 5.75 Å². The largest absolute Gasteiger partial charge is 0.507 e. The van der Waals surface area contributed by atoms with Gasteiger partial charge in [-0.2, -0.15) is 5.10 Å². The number of phenolic OH excluding ortho intramolecular Hbond substituents is 1. The molecule has 5 nitrogen and oxygen atoms in total. The van der Waals surface area contributed by atoms with Crippen molar-refractivity contribution in [2.24, 2.45) is 10.8 Å². The Morgan fingerprint density at radius 3 is 2.75 bits per heavy atom. The minimum absolute atomic E-state index is 0.145. The molecule has 0 aliphatic carbocycles. The lowest BCUT2D eigenvalue weighted by molar-refractivity contribution is 0.249. The predicted molar refractivity (Wildman–Crippen MR) is 62.4 cm³/mol. The normalized spacial score (nSPS) is 11.2. The topological polar surface area (TPSA) is 87.7 Å². The fraction of sp³-hybridized carbons (Fsp3) is 0.273. The highest BCUT2D eigenvalue weighted by atomic mass is 16.3. The molecule has 1 aromatic rings. The van der Waals surface area contributed by atoms with Crippen LogP contribution in [0.3, 0.4) is 0 Å². The van der Waals surface area contributed by atoms with E-state index in [2.05, 4.69) is 10.5 Å². The number of hydrogen-bond acceptors (Lipinski definition) is 3. The van der Waals surface area contributed by atoms with E-state index in [1.807, 2.05) is 19.9 Å². The van der Waals surface area contributed by atoms with Crippen molar-refractivity contribution in [2.75, 3.05) is 0 Å². The molecule has 0 saturated heterocycles. The Kier molecular flexibility index (Phi) is 3.88. The molecule has 5 heteroatoms. The van der Waals surface area contributed by atoms with E-state index in [0.717, 1.165) is 5.56 Å². The van der Waals surface area contributed by atoms with Gasteiger partial charge in [0.05, 0.1) is 5.71 Å². The van der Waals surface area contributed by atoms with Gasteiger partial charge in [-0.1, -0.05) is 13.0 Å². The second-order valence-corrected chi connectivity index (χ2v) is 3.41. The third kappa shape index (κ3) is 2.98. The van der Waals surface area contributed by atoms with Gasteiger partial charge in [-0.05, 0) is 31.0 Å². The number of aromatic hydroxyl groups is 1. The molecular weight excluding hydrogens is 206 g/mol. The van der Waals surface area contributed by atoms with Crippen LogP contribution in [0.4, 0.5) is 4.79 Å². The number of nitrogens with one attached hydrogen (secondary N) is 1. The summed E-state index contributed by atoms with van der Waals surface area (Å²) in [5.74, 6) is 0.145. The van der Waals surface area contributed by atoms with Crippen molar-refractivity contribution >= 4 is 11.7 Å². The molecule has 2 amide bonds. The van der Waals surface area contributed by atoms with E-state index < -0.39 is 6.03 Å². The van der Waals surface area contributed by atoms with Crippen molar-refractivity contribution < 1.29 is 9.90 Å². The minimum atomic E-state index is -0.724. The molecular formula is C11H15N3O2. The lowest BCUT2D eigenvalue weighted by atomic mass is 10.1. The molecule has 0 aliphatic rings. The van der Waals surface area contributed by atoms with E-state index in [4.69, 9.17) is 5.73 Å². The average Bonchev–Trinajstić information content (AvgIpc) is 2.21. The lowest BCUT2D eigenvalue weighted by Gasteiger charge is -2.07. The number of benzene rings is 1. The van der Waals surface area contributed by atoms with Gasteiger partial charge in [0.25, 0.3) is 0 Å². The van der Waals surface area contributed by atoms with Crippen LogP contribution in [0.2, 0.25) is 0 Å². The van der Waals surface area contributed by atoms with Crippen LogP contribution in [0.15, 0.2) is 23.3 Å². The van der Waals surface area contributed by atoms with Crippen LogP contribution in [-0.4, -0.2) is 16.8 Å². The highest BCUT2D eigenvalue weighted by Crippen LogP contribution is 2.20. The molecule has 86 valence electrons. The van der Waals surface area contributed by atoms with Crippen molar-refractivity contribution in [3.05, 3.63) is 29.3 Å². The Labute approximate surface area is 94.0 Å². The molecule has 4 N–H and O–H groups in total. The Balaban J connectivity index is 3.04. The zero-order chi connectivity index (χ0) is 12.1. The maximum Gasteiger partial charge on any atom is 0.332 e. The molecule has 16 heavy (non-hydrogen) atoms. The number of amides is 2. The summed E-state index contributed by atoms with van der Waals surface area (Å²) in [5.41, 5.74) is 9.21. The second-order valence-electron chi connectivity index (χ2n) is 3.41. The Morgan fingerprint density at radius 1 is 1.56 bits per heavy atom. The standard InChI is InChI=1S/C11H15N3O2/c1-3-9(13-14-11(12)16)8-5-4-7(2)6-10(8)15/h4-6,15H,3H2,1-2H3,(H3,12,14,16)/b13-9-. The predicted octanol–water partition coefficient (Wildman–Crippen LogP) is 1.48. The first-order valence-corrected chi connectivity index (χ1v) is 4.96. The van der Waals surface area contributed by atoms with Crippen LogP contribution in [0.1, 0.15) is 24.5 Å². The molecule has 0 aliphatic heterocycles. The van der Waals surface area contributed by atoms with E-state index in [0.29, 0.717) is 17.7 Å². The summed E-state index contributed by atoms with van der Waals surface area (Å²) in [5, 5.41) is 13.6. The van der Waals surface area contributed by atoms with Gasteiger partial charge in [-0.25, -0.2) is 10.2 Å². The first-order chi connectivity index (χ1) is 7.54. The van der Waals surface area contributed by atoms with Crippen molar-refractivity contribution in [1.29, 1.82) is 0 Å². The Hall–Kier alpha value is -2.04. The smallest absolute Gasteiger partial charge is 0.332 e. The number of carbonyl (C=O) groups is 1. The van der Waals surface area contributed by atoms with Gasteiger partial charge in [0.15, 0.2) is 0 Å². The monoisotopic (exact) mass is 221 g/mol. The lowest BCUT2D eigenvalue weighted by Crippen LogP contribution is -2.25. The molecule has 0 aromatic heterocycles. The van der Waals surface area contributed by atoms with Gasteiger partial charge in [0.1, 0.15) is 5.75 Å². The SMILES string of the molecule is CC/C(=N/NC(N)=O)c1ccc(C)cc1O. The summed E-state index contributed by atoms with van der Waals surface area (Å²) in [6.45, 7) is 3.76. The second kappa shape index (κ2) is 5.16. The van der Waals surface area contributed by atoms with E-state index >= 15 is 0 Å². The quantitative estimate of drug-likeness (QED) is 0.533. The summed E-state index contributed by atoms with van der Waals surface area (Å²) in [4.78, 5) is 10.5. The van der Waals surface area contributed by atoms with Gasteiger partial charge in [0.2, 0.25) is 0 Å². The molecule has 0 spiro atoms. The summed E-state index contributed by atoms with van der Waals surface area (Å²) in [6.07, 6.45) is 0.580. The number of phenols is 1. The number of carbonyl (C=O) groups excluding carboxylic acids is 1. The van der Waals surface area contributed by atoms with Crippen LogP contribution in [0, 0.1) is 6.92 Å². The Bertz CT molecular complexity index is 427. The summed E-state index contributed by atoms with van der Waals surface area (Å²) in [6, 6.07) is 4.54. The third-order valence-corrected chi connectivity index (χ3v) is 2.10. The number of aryl methyl sites for hydroxylation is 1. The van der Waals surface area contributed by atoms with Crippen molar-refractivity contribution in [2.45, 2.75) is 20.3 Å². The van der Waals surface area contributed by atoms with Crippen LogP contribution in [0.25, 0.3) is 0 Å². The van der Waals surface area contributed by atoms with Crippen LogP contribution < -0.4 is 11.2 Å². The summed E-state index contributed by atoms with van der Waals surface area (Å²) in [7, 11) is 0. The highest BCUT2D eigenvalue weighted by molar-refractivity contribution is 6.03. The van der Waals surface area contributed by atoms with Gasteiger partial charge >= 0.3 is 6.03 Å². The first kappa shape index (κ1) is 12.0. The molecule has 0 saturated carbocycles. The molecule has 1 rings (SSSR count). The van der Waals surface area contributed by atoms with E-state index in [9.17, 15) is 9.90 Å². The molecule has 0 heterocycles. The van der Waals surface area contributed by atoms with Gasteiger partial charge in [-0.3, -0.25) is 0 Å². The maximum atomic E-state index is 10.5. The number of nitrogens with zero attached hydrogens (tertiary/aromatic N) is 1. The highest BCUT2D eigenvalue weighted by Gasteiger charge is 2.07. The zero-order valence-corrected chi connectivity index (χ0v) is 9.32. The van der Waals surface area contributed by atoms with E-state index in [1.54, 1.807) is 12.1 Å². The summed E-state index contributed by atoms with van der Waals surface area (Å²) >= 11 is 0. The number of rotatable bonds is 3. The molecule has 0 unspecified atom stereocenters. The van der Waals surface area contributed by atoms with Crippen molar-refractivity contribution in [3.63, 3.8) is 0 Å². The van der Waals surface area contributed by atoms with Crippen LogP contribution in [-0.2, 0) is 0 Å². The van der Waals surface area contributed by atoms with Crippen molar-refractivity contribution in [1.82, 2.24) is 5.43 Å². The molecule has 0 atom stereocenters. The fourth-order valence-corrected chi connectivity index (χ4v) is 1.34. The zero-order valence-electron chi connectivity index (χ0n) is 9.32. The minimum Gasteiger partial charge on any atom is -0.507 e. The number of hydrazone groups is 1. The third-order valence-electron chi connectivity index (χ3n) is 2.10. The molecule has 0 radical (unpaired) electrons.